The molecule has 1 aliphatic carbocycles. The van der Waals surface area contributed by atoms with E-state index in [9.17, 15) is 0 Å². The fourth-order valence-corrected chi connectivity index (χ4v) is 1.42. The van der Waals surface area contributed by atoms with Gasteiger partial charge < -0.3 is 14.6 Å². The lowest BCUT2D eigenvalue weighted by molar-refractivity contribution is 0.270. The third-order valence-corrected chi connectivity index (χ3v) is 2.58. The first-order valence-corrected chi connectivity index (χ1v) is 5.24. The minimum absolute atomic E-state index is 0.0315. The van der Waals surface area contributed by atoms with Gasteiger partial charge in [0.1, 0.15) is 0 Å². The zero-order valence-electron chi connectivity index (χ0n) is 8.90. The smallest absolute Gasteiger partial charge is 0.161 e. The Morgan fingerprint density at radius 3 is 2.73 bits per heavy atom. The van der Waals surface area contributed by atoms with Gasteiger partial charge in [-0.05, 0) is 36.5 Å². The van der Waals surface area contributed by atoms with Gasteiger partial charge in [0, 0.05) is 0 Å². The van der Waals surface area contributed by atoms with Crippen LogP contribution in [0.5, 0.6) is 11.5 Å². The lowest BCUT2D eigenvalue weighted by atomic mass is 10.2. The third-order valence-electron chi connectivity index (χ3n) is 2.58. The van der Waals surface area contributed by atoms with E-state index in [1.54, 1.807) is 7.11 Å². The first-order chi connectivity index (χ1) is 7.33. The second-order valence-corrected chi connectivity index (χ2v) is 3.90. The summed E-state index contributed by atoms with van der Waals surface area (Å²) in [4.78, 5) is 0. The minimum atomic E-state index is 0.0315. The van der Waals surface area contributed by atoms with Crippen LogP contribution in [0.1, 0.15) is 18.4 Å². The maximum atomic E-state index is 9.02. The fraction of sp³-hybridized carbons (Fsp3) is 0.500. The standard InChI is InChI=1S/C12H16O3/c1-14-11-5-4-10(7-13)6-12(11)15-8-9-2-3-9/h4-6,9,13H,2-3,7-8H2,1H3. The molecule has 0 aliphatic heterocycles. The molecule has 0 spiro atoms. The van der Waals surface area contributed by atoms with Crippen LogP contribution in [0.15, 0.2) is 18.2 Å². The summed E-state index contributed by atoms with van der Waals surface area (Å²) in [6.45, 7) is 0.787. The van der Waals surface area contributed by atoms with Crippen LogP contribution in [0.25, 0.3) is 0 Å². The van der Waals surface area contributed by atoms with Crippen LogP contribution in [0, 0.1) is 5.92 Å². The number of hydrogen-bond donors (Lipinski definition) is 1. The normalized spacial score (nSPS) is 15.1. The molecule has 0 bridgehead atoms. The summed E-state index contributed by atoms with van der Waals surface area (Å²) >= 11 is 0. The fourth-order valence-electron chi connectivity index (χ4n) is 1.42. The van der Waals surface area contributed by atoms with Gasteiger partial charge in [0.15, 0.2) is 11.5 Å². The van der Waals surface area contributed by atoms with Crippen molar-refractivity contribution in [3.05, 3.63) is 23.8 Å². The molecule has 82 valence electrons. The molecular weight excluding hydrogens is 192 g/mol. The molecule has 15 heavy (non-hydrogen) atoms. The Hall–Kier alpha value is -1.22. The molecular formula is C12H16O3. The van der Waals surface area contributed by atoms with Crippen molar-refractivity contribution in [1.82, 2.24) is 0 Å². The average molecular weight is 208 g/mol. The number of rotatable bonds is 5. The highest BCUT2D eigenvalue weighted by molar-refractivity contribution is 5.42. The minimum Gasteiger partial charge on any atom is -0.493 e. The van der Waals surface area contributed by atoms with Crippen LogP contribution in [-0.2, 0) is 6.61 Å². The summed E-state index contributed by atoms with van der Waals surface area (Å²) in [7, 11) is 1.62. The molecule has 1 aliphatic rings. The van der Waals surface area contributed by atoms with E-state index in [2.05, 4.69) is 0 Å². The van der Waals surface area contributed by atoms with E-state index < -0.39 is 0 Å². The average Bonchev–Trinajstić information content (AvgIpc) is 3.09. The number of aliphatic hydroxyl groups is 1. The zero-order chi connectivity index (χ0) is 10.7. The maximum Gasteiger partial charge on any atom is 0.161 e. The van der Waals surface area contributed by atoms with Gasteiger partial charge in [-0.1, -0.05) is 6.07 Å². The molecule has 1 aromatic rings. The first-order valence-electron chi connectivity index (χ1n) is 5.24. The van der Waals surface area contributed by atoms with E-state index in [1.807, 2.05) is 18.2 Å². The number of ether oxygens (including phenoxy) is 2. The van der Waals surface area contributed by atoms with Gasteiger partial charge in [-0.2, -0.15) is 0 Å². The van der Waals surface area contributed by atoms with Crippen molar-refractivity contribution in [2.24, 2.45) is 5.92 Å². The van der Waals surface area contributed by atoms with E-state index in [-0.39, 0.29) is 6.61 Å². The van der Waals surface area contributed by atoms with Crippen molar-refractivity contribution in [3.8, 4) is 11.5 Å². The molecule has 0 atom stereocenters. The summed E-state index contributed by atoms with van der Waals surface area (Å²) in [5.41, 5.74) is 0.849. The summed E-state index contributed by atoms with van der Waals surface area (Å²) in [5.74, 6) is 2.18. The molecule has 0 saturated heterocycles. The summed E-state index contributed by atoms with van der Waals surface area (Å²) in [6, 6.07) is 5.50. The lowest BCUT2D eigenvalue weighted by Crippen LogP contribution is -2.01. The molecule has 1 aromatic carbocycles. The van der Waals surface area contributed by atoms with Gasteiger partial charge in [0.05, 0.1) is 20.3 Å². The highest BCUT2D eigenvalue weighted by atomic mass is 16.5. The number of hydrogen-bond acceptors (Lipinski definition) is 3. The molecule has 3 nitrogen and oxygen atoms in total. The van der Waals surface area contributed by atoms with Gasteiger partial charge >= 0.3 is 0 Å². The van der Waals surface area contributed by atoms with Crippen LogP contribution in [-0.4, -0.2) is 18.8 Å². The van der Waals surface area contributed by atoms with Crippen molar-refractivity contribution >= 4 is 0 Å². The lowest BCUT2D eigenvalue weighted by Gasteiger charge is -2.11. The molecule has 1 fully saturated rings. The van der Waals surface area contributed by atoms with Crippen molar-refractivity contribution in [3.63, 3.8) is 0 Å². The number of benzene rings is 1. The summed E-state index contributed by atoms with van der Waals surface area (Å²) in [5, 5.41) is 9.02. The molecule has 0 amide bonds. The largest absolute Gasteiger partial charge is 0.493 e. The van der Waals surface area contributed by atoms with Crippen molar-refractivity contribution in [2.45, 2.75) is 19.4 Å². The Balaban J connectivity index is 2.08. The molecule has 1 saturated carbocycles. The Morgan fingerprint density at radius 1 is 1.33 bits per heavy atom. The topological polar surface area (TPSA) is 38.7 Å². The Morgan fingerprint density at radius 2 is 2.13 bits per heavy atom. The number of methoxy groups -OCH3 is 1. The summed E-state index contributed by atoms with van der Waals surface area (Å²) in [6.07, 6.45) is 2.53. The Bertz CT molecular complexity index is 332. The van der Waals surface area contributed by atoms with E-state index in [4.69, 9.17) is 14.6 Å². The van der Waals surface area contributed by atoms with Crippen molar-refractivity contribution in [1.29, 1.82) is 0 Å². The monoisotopic (exact) mass is 208 g/mol. The molecule has 0 unspecified atom stereocenters. The second kappa shape index (κ2) is 4.53. The maximum absolute atomic E-state index is 9.02. The Kier molecular flexibility index (Phi) is 3.11. The second-order valence-electron chi connectivity index (χ2n) is 3.90. The van der Waals surface area contributed by atoms with E-state index in [0.717, 1.165) is 23.7 Å². The first kappa shape index (κ1) is 10.3. The van der Waals surface area contributed by atoms with E-state index in [0.29, 0.717) is 5.92 Å². The SMILES string of the molecule is COc1ccc(CO)cc1OCC1CC1. The zero-order valence-corrected chi connectivity index (χ0v) is 8.90. The van der Waals surface area contributed by atoms with Gasteiger partial charge in [-0.3, -0.25) is 0 Å². The predicted octanol–water partition coefficient (Wildman–Crippen LogP) is 1.98. The number of aliphatic hydroxyl groups excluding tert-OH is 1. The van der Waals surface area contributed by atoms with Crippen LogP contribution in [0.4, 0.5) is 0 Å². The van der Waals surface area contributed by atoms with Crippen LogP contribution in [0.3, 0.4) is 0 Å². The van der Waals surface area contributed by atoms with Crippen molar-refractivity contribution < 1.29 is 14.6 Å². The van der Waals surface area contributed by atoms with Gasteiger partial charge in [0.25, 0.3) is 0 Å². The van der Waals surface area contributed by atoms with Crippen molar-refractivity contribution in [2.75, 3.05) is 13.7 Å². The molecule has 0 radical (unpaired) electrons. The van der Waals surface area contributed by atoms with Gasteiger partial charge in [0.2, 0.25) is 0 Å². The third kappa shape index (κ3) is 2.63. The predicted molar refractivity (Wildman–Crippen MR) is 57.1 cm³/mol. The Labute approximate surface area is 89.6 Å². The quantitative estimate of drug-likeness (QED) is 0.804. The highest BCUT2D eigenvalue weighted by Gasteiger charge is 2.22. The van der Waals surface area contributed by atoms with E-state index in [1.165, 1.54) is 12.8 Å². The molecule has 3 heteroatoms. The van der Waals surface area contributed by atoms with Crippen LogP contribution in [0.2, 0.25) is 0 Å². The summed E-state index contributed by atoms with van der Waals surface area (Å²) < 4.78 is 10.8. The van der Waals surface area contributed by atoms with Crippen LogP contribution < -0.4 is 9.47 Å². The van der Waals surface area contributed by atoms with Gasteiger partial charge in [-0.25, -0.2) is 0 Å². The molecule has 1 N–H and O–H groups in total. The molecule has 2 rings (SSSR count). The molecule has 0 aromatic heterocycles. The molecule has 0 heterocycles. The highest BCUT2D eigenvalue weighted by Crippen LogP contribution is 2.33. The van der Waals surface area contributed by atoms with Gasteiger partial charge in [-0.15, -0.1) is 0 Å². The van der Waals surface area contributed by atoms with E-state index >= 15 is 0 Å². The van der Waals surface area contributed by atoms with Crippen LogP contribution >= 0.6 is 0 Å².